The van der Waals surface area contributed by atoms with Gasteiger partial charge in [0.25, 0.3) is 5.97 Å². The molecule has 12 nitrogen and oxygen atoms in total. The van der Waals surface area contributed by atoms with Crippen molar-refractivity contribution >= 4 is 70.6 Å². The molecule has 6 N–H and O–H groups in total. The zero-order chi connectivity index (χ0) is 31.2. The van der Waals surface area contributed by atoms with Gasteiger partial charge >= 0.3 is 29.8 Å². The Bertz CT molecular complexity index is 1330. The first-order chi connectivity index (χ1) is 18.5. The van der Waals surface area contributed by atoms with Gasteiger partial charge in [-0.05, 0) is 60.7 Å². The number of aliphatic carboxylic acids is 1. The molecule has 0 aliphatic rings. The Morgan fingerprint density at radius 2 is 0.732 bits per heavy atom. The van der Waals surface area contributed by atoms with Crippen LogP contribution in [0.25, 0.3) is 0 Å². The van der Waals surface area contributed by atoms with Gasteiger partial charge in [0, 0.05) is 48.2 Å². The van der Waals surface area contributed by atoms with Crippen molar-refractivity contribution in [1.82, 2.24) is 0 Å². The number of hydrogen-bond acceptors (Lipinski definition) is 6. The van der Waals surface area contributed by atoms with Crippen LogP contribution in [0.2, 0.25) is 15.1 Å². The number of rotatable bonds is 5. The van der Waals surface area contributed by atoms with Gasteiger partial charge in [0.2, 0.25) is 0 Å². The van der Waals surface area contributed by atoms with E-state index in [2.05, 4.69) is 0 Å². The van der Waals surface area contributed by atoms with Gasteiger partial charge in [-0.15, -0.1) is 0 Å². The van der Waals surface area contributed by atoms with Crippen LogP contribution in [0.5, 0.6) is 0 Å². The number of hydrogen-bond donors (Lipinski definition) is 6. The Labute approximate surface area is 265 Å². The van der Waals surface area contributed by atoms with E-state index in [1.807, 2.05) is 0 Å². The summed E-state index contributed by atoms with van der Waals surface area (Å²) in [6.07, 6.45) is 0. The molecule has 0 unspecified atom stereocenters. The zero-order valence-electron chi connectivity index (χ0n) is 20.5. The number of carbonyl (C=O) groups is 6. The van der Waals surface area contributed by atoms with Gasteiger partial charge in [0.1, 0.15) is 0 Å². The van der Waals surface area contributed by atoms with Crippen LogP contribution in [-0.4, -0.2) is 66.5 Å². The molecule has 3 aromatic carbocycles. The SMILES string of the molecule is CC(=O)O.O=C(O)c1ccc(Cl)cc1.O=C(O)c1ccc(Cl)cc1C(=O)O.O=C(O)c1ccc(Cl)cc1C(=O)O.[Zr]. The maximum Gasteiger partial charge on any atom is 0.336 e. The normalized spacial score (nSPS) is 8.98. The number of halogens is 3. The molecule has 3 rings (SSSR count). The number of carboxylic acid groups (broad SMARTS) is 6. The van der Waals surface area contributed by atoms with E-state index in [1.54, 1.807) is 12.1 Å². The van der Waals surface area contributed by atoms with Crippen molar-refractivity contribution in [3.05, 3.63) is 104 Å². The number of carboxylic acids is 6. The topological polar surface area (TPSA) is 224 Å². The van der Waals surface area contributed by atoms with Crippen LogP contribution in [0.1, 0.15) is 58.7 Å². The minimum Gasteiger partial charge on any atom is -0.481 e. The summed E-state index contributed by atoms with van der Waals surface area (Å²) >= 11 is 16.5. The monoisotopic (exact) mass is 706 g/mol. The minimum absolute atomic E-state index is 0. The van der Waals surface area contributed by atoms with Gasteiger partial charge in [-0.2, -0.15) is 0 Å². The van der Waals surface area contributed by atoms with Crippen LogP contribution in [0, 0.1) is 0 Å². The molecule has 3 aromatic rings. The molecular formula is C25H19Cl3O12Zr. The number of aromatic carboxylic acids is 5. The van der Waals surface area contributed by atoms with E-state index >= 15 is 0 Å². The fourth-order valence-corrected chi connectivity index (χ4v) is 2.82. The summed E-state index contributed by atoms with van der Waals surface area (Å²) in [5.74, 6) is -6.94. The quantitative estimate of drug-likeness (QED) is 0.191. The first-order valence-electron chi connectivity index (χ1n) is 10.2. The minimum atomic E-state index is -1.31. The van der Waals surface area contributed by atoms with Crippen LogP contribution in [0.3, 0.4) is 0 Å². The predicted molar refractivity (Wildman–Crippen MR) is 142 cm³/mol. The third-order valence-electron chi connectivity index (χ3n) is 3.98. The fraction of sp³-hybridized carbons (Fsp3) is 0.0400. The van der Waals surface area contributed by atoms with Crippen LogP contribution < -0.4 is 0 Å². The third-order valence-corrected chi connectivity index (χ3v) is 4.70. The standard InChI is InChI=1S/2C8H5ClO4.C7H5ClO2.C2H4O2.Zr/c2*9-4-1-2-5(7(10)11)6(3-4)8(12)13;8-6-3-1-5(2-4-6)7(9)10;1-2(3)4;/h2*1-3H,(H,10,11)(H,12,13);1-4H,(H,9,10);1H3,(H,3,4);. The van der Waals surface area contributed by atoms with Crippen LogP contribution in [-0.2, 0) is 31.0 Å². The summed E-state index contributed by atoms with van der Waals surface area (Å²) in [5.41, 5.74) is -0.891. The van der Waals surface area contributed by atoms with Crippen molar-refractivity contribution in [1.29, 1.82) is 0 Å². The van der Waals surface area contributed by atoms with E-state index in [0.29, 0.717) is 5.02 Å². The zero-order valence-corrected chi connectivity index (χ0v) is 25.3. The van der Waals surface area contributed by atoms with E-state index < -0.39 is 35.8 Å². The van der Waals surface area contributed by atoms with Crippen molar-refractivity contribution in [3.8, 4) is 0 Å². The Morgan fingerprint density at radius 1 is 0.463 bits per heavy atom. The van der Waals surface area contributed by atoms with E-state index in [0.717, 1.165) is 31.2 Å². The molecule has 0 aromatic heterocycles. The van der Waals surface area contributed by atoms with E-state index in [9.17, 15) is 24.0 Å². The molecule has 0 spiro atoms. The van der Waals surface area contributed by atoms with Crippen LogP contribution in [0.4, 0.5) is 0 Å². The molecule has 216 valence electrons. The van der Waals surface area contributed by atoms with Crippen LogP contribution in [0.15, 0.2) is 60.7 Å². The summed E-state index contributed by atoms with van der Waals surface area (Å²) in [4.78, 5) is 61.4. The Balaban J connectivity index is 0. The molecule has 0 heterocycles. The van der Waals surface area contributed by atoms with Gasteiger partial charge < -0.3 is 30.6 Å². The maximum atomic E-state index is 10.6. The molecule has 0 amide bonds. The fourth-order valence-electron chi connectivity index (χ4n) is 2.35. The smallest absolute Gasteiger partial charge is 0.336 e. The van der Waals surface area contributed by atoms with E-state index in [-0.39, 0.29) is 64.1 Å². The first kappa shape index (κ1) is 39.4. The van der Waals surface area contributed by atoms with Gasteiger partial charge in [-0.1, -0.05) is 34.8 Å². The van der Waals surface area contributed by atoms with Crippen molar-refractivity contribution in [3.63, 3.8) is 0 Å². The summed E-state index contributed by atoms with van der Waals surface area (Å²) in [5, 5.41) is 51.2. The average Bonchev–Trinajstić information content (AvgIpc) is 2.84. The van der Waals surface area contributed by atoms with Gasteiger partial charge in [-0.25, -0.2) is 24.0 Å². The molecule has 0 bridgehead atoms. The molecule has 0 atom stereocenters. The van der Waals surface area contributed by atoms with E-state index in [4.69, 9.17) is 70.2 Å². The number of benzene rings is 3. The van der Waals surface area contributed by atoms with Gasteiger partial charge in [0.05, 0.1) is 27.8 Å². The molecule has 0 radical (unpaired) electrons. The largest absolute Gasteiger partial charge is 0.481 e. The molecule has 0 saturated carbocycles. The Kier molecular flexibility index (Phi) is 18.6. The van der Waals surface area contributed by atoms with Crippen molar-refractivity contribution in [2.45, 2.75) is 6.92 Å². The van der Waals surface area contributed by atoms with Gasteiger partial charge in [0.15, 0.2) is 0 Å². The molecule has 41 heavy (non-hydrogen) atoms. The Morgan fingerprint density at radius 3 is 0.976 bits per heavy atom. The molecule has 0 aliphatic heterocycles. The van der Waals surface area contributed by atoms with Crippen molar-refractivity contribution in [2.75, 3.05) is 0 Å². The second kappa shape index (κ2) is 19.3. The summed E-state index contributed by atoms with van der Waals surface area (Å²) in [6.45, 7) is 1.08. The van der Waals surface area contributed by atoms with Crippen molar-refractivity contribution < 1.29 is 85.6 Å². The Hall–Kier alpha value is -3.77. The first-order valence-corrected chi connectivity index (χ1v) is 11.3. The molecule has 0 aliphatic carbocycles. The van der Waals surface area contributed by atoms with Crippen molar-refractivity contribution in [2.24, 2.45) is 0 Å². The predicted octanol–water partition coefficient (Wildman–Crippen LogP) is 5.60. The maximum absolute atomic E-state index is 10.6. The average molecular weight is 709 g/mol. The summed E-state index contributed by atoms with van der Waals surface area (Å²) in [7, 11) is 0. The molecule has 0 saturated heterocycles. The molecule has 16 heteroatoms. The third kappa shape index (κ3) is 15.6. The molecule has 0 fully saturated rings. The second-order valence-corrected chi connectivity index (χ2v) is 8.24. The summed E-state index contributed by atoms with van der Waals surface area (Å²) in [6, 6.07) is 13.2. The molecular weight excluding hydrogens is 690 g/mol. The second-order valence-electron chi connectivity index (χ2n) is 6.93. The summed E-state index contributed by atoms with van der Waals surface area (Å²) < 4.78 is 0. The van der Waals surface area contributed by atoms with E-state index in [1.165, 1.54) is 24.3 Å². The van der Waals surface area contributed by atoms with Gasteiger partial charge in [-0.3, -0.25) is 4.79 Å². The van der Waals surface area contributed by atoms with Crippen LogP contribution >= 0.6 is 34.8 Å².